The van der Waals surface area contributed by atoms with Crippen LogP contribution in [0.15, 0.2) is 18.2 Å². The van der Waals surface area contributed by atoms with Crippen LogP contribution < -0.4 is 14.4 Å². The van der Waals surface area contributed by atoms with Crippen LogP contribution >= 0.6 is 0 Å². The van der Waals surface area contributed by atoms with Crippen LogP contribution in [0.3, 0.4) is 0 Å². The molecule has 2 aliphatic heterocycles. The molecule has 5 nitrogen and oxygen atoms in total. The number of hydrogen-bond donors (Lipinski definition) is 0. The molecule has 2 heterocycles. The number of fused-ring (bicyclic) bond motifs is 1. The maximum absolute atomic E-state index is 11.8. The molecule has 0 aliphatic carbocycles. The second kappa shape index (κ2) is 3.48. The van der Waals surface area contributed by atoms with Crippen molar-refractivity contribution in [3.05, 3.63) is 18.2 Å². The zero-order chi connectivity index (χ0) is 12.0. The van der Waals surface area contributed by atoms with Crippen LogP contribution in [-0.2, 0) is 9.59 Å². The van der Waals surface area contributed by atoms with Crippen LogP contribution in [-0.4, -0.2) is 18.6 Å². The molecule has 0 spiro atoms. The average Bonchev–Trinajstić information content (AvgIpc) is 2.84. The predicted octanol–water partition coefficient (Wildman–Crippen LogP) is 1.31. The Labute approximate surface area is 97.9 Å². The first-order chi connectivity index (χ1) is 8.16. The van der Waals surface area contributed by atoms with E-state index in [2.05, 4.69) is 0 Å². The summed E-state index contributed by atoms with van der Waals surface area (Å²) in [7, 11) is 0. The van der Waals surface area contributed by atoms with Crippen molar-refractivity contribution in [2.75, 3.05) is 11.7 Å². The molecule has 1 unspecified atom stereocenters. The van der Waals surface area contributed by atoms with Gasteiger partial charge in [-0.3, -0.25) is 14.5 Å². The normalized spacial score (nSPS) is 22.4. The minimum absolute atomic E-state index is 0.158. The highest BCUT2D eigenvalue weighted by Gasteiger charge is 2.37. The fourth-order valence-electron chi connectivity index (χ4n) is 2.08. The Morgan fingerprint density at radius 3 is 2.71 bits per heavy atom. The zero-order valence-electron chi connectivity index (χ0n) is 9.30. The topological polar surface area (TPSA) is 55.8 Å². The summed E-state index contributed by atoms with van der Waals surface area (Å²) in [5.74, 6) is 0.645. The molecule has 3 rings (SSSR count). The number of nitrogens with zero attached hydrogens (tertiary/aromatic N) is 1. The molecule has 2 aliphatic rings. The average molecular weight is 233 g/mol. The highest BCUT2D eigenvalue weighted by atomic mass is 16.7. The van der Waals surface area contributed by atoms with E-state index in [1.807, 2.05) is 0 Å². The van der Waals surface area contributed by atoms with Crippen LogP contribution in [0, 0.1) is 5.92 Å². The lowest BCUT2D eigenvalue weighted by molar-refractivity contribution is -0.122. The highest BCUT2D eigenvalue weighted by Crippen LogP contribution is 2.37. The molecule has 0 aromatic heterocycles. The van der Waals surface area contributed by atoms with Gasteiger partial charge in [0.25, 0.3) is 0 Å². The Balaban J connectivity index is 1.99. The van der Waals surface area contributed by atoms with Crippen molar-refractivity contribution < 1.29 is 19.1 Å². The smallest absolute Gasteiger partial charge is 0.237 e. The number of anilines is 1. The number of ether oxygens (including phenoxy) is 2. The first-order valence-corrected chi connectivity index (χ1v) is 5.43. The molecule has 1 saturated heterocycles. The summed E-state index contributed by atoms with van der Waals surface area (Å²) < 4.78 is 10.4. The fourth-order valence-corrected chi connectivity index (χ4v) is 2.08. The molecule has 2 amide bonds. The third-order valence-electron chi connectivity index (χ3n) is 2.99. The second-order valence-electron chi connectivity index (χ2n) is 4.21. The van der Waals surface area contributed by atoms with E-state index in [-0.39, 0.29) is 30.9 Å². The van der Waals surface area contributed by atoms with Gasteiger partial charge < -0.3 is 9.47 Å². The number of amides is 2. The first kappa shape index (κ1) is 10.1. The number of carbonyl (C=O) groups is 2. The summed E-state index contributed by atoms with van der Waals surface area (Å²) in [5.41, 5.74) is 0.550. The van der Waals surface area contributed by atoms with Gasteiger partial charge in [-0.05, 0) is 12.1 Å². The summed E-state index contributed by atoms with van der Waals surface area (Å²) in [5, 5.41) is 0. The van der Waals surface area contributed by atoms with Gasteiger partial charge in [0.05, 0.1) is 5.69 Å². The Morgan fingerprint density at radius 1 is 1.24 bits per heavy atom. The number of hydrogen-bond acceptors (Lipinski definition) is 4. The number of imide groups is 1. The maximum Gasteiger partial charge on any atom is 0.237 e. The molecule has 1 aromatic rings. The van der Waals surface area contributed by atoms with Gasteiger partial charge in [-0.15, -0.1) is 0 Å². The van der Waals surface area contributed by atoms with E-state index >= 15 is 0 Å². The van der Waals surface area contributed by atoms with E-state index in [0.717, 1.165) is 0 Å². The Morgan fingerprint density at radius 2 is 2.00 bits per heavy atom. The third kappa shape index (κ3) is 1.46. The third-order valence-corrected chi connectivity index (χ3v) is 2.99. The SMILES string of the molecule is CC1CC(=O)N(c2ccc3c(c2)OCO3)C1=O. The van der Waals surface area contributed by atoms with Gasteiger partial charge in [0, 0.05) is 18.4 Å². The number of benzene rings is 1. The second-order valence-corrected chi connectivity index (χ2v) is 4.21. The number of rotatable bonds is 1. The van der Waals surface area contributed by atoms with Crippen molar-refractivity contribution in [2.24, 2.45) is 5.92 Å². The van der Waals surface area contributed by atoms with Crippen LogP contribution in [0.2, 0.25) is 0 Å². The predicted molar refractivity (Wildman–Crippen MR) is 58.8 cm³/mol. The molecule has 1 fully saturated rings. The fraction of sp³-hybridized carbons (Fsp3) is 0.333. The van der Waals surface area contributed by atoms with Crippen molar-refractivity contribution >= 4 is 17.5 Å². The van der Waals surface area contributed by atoms with Gasteiger partial charge >= 0.3 is 0 Å². The summed E-state index contributed by atoms with van der Waals surface area (Å²) in [6.45, 7) is 1.93. The molecule has 0 saturated carbocycles. The summed E-state index contributed by atoms with van der Waals surface area (Å²) in [6, 6.07) is 5.07. The molecule has 5 heteroatoms. The molecule has 17 heavy (non-hydrogen) atoms. The Bertz CT molecular complexity index is 511. The lowest BCUT2D eigenvalue weighted by Gasteiger charge is -2.14. The van der Waals surface area contributed by atoms with E-state index in [4.69, 9.17) is 9.47 Å². The molecule has 0 bridgehead atoms. The molecule has 0 radical (unpaired) electrons. The van der Waals surface area contributed by atoms with Crippen molar-refractivity contribution in [3.8, 4) is 11.5 Å². The first-order valence-electron chi connectivity index (χ1n) is 5.43. The minimum Gasteiger partial charge on any atom is -0.454 e. The number of carbonyl (C=O) groups excluding carboxylic acids is 2. The van der Waals surface area contributed by atoms with Crippen LogP contribution in [0.5, 0.6) is 11.5 Å². The van der Waals surface area contributed by atoms with Gasteiger partial charge in [-0.1, -0.05) is 6.92 Å². The molecule has 88 valence electrons. The Hall–Kier alpha value is -2.04. The largest absolute Gasteiger partial charge is 0.454 e. The van der Waals surface area contributed by atoms with E-state index in [1.54, 1.807) is 25.1 Å². The van der Waals surface area contributed by atoms with E-state index in [9.17, 15) is 9.59 Å². The lowest BCUT2D eigenvalue weighted by atomic mass is 10.1. The van der Waals surface area contributed by atoms with E-state index < -0.39 is 0 Å². The minimum atomic E-state index is -0.243. The summed E-state index contributed by atoms with van der Waals surface area (Å²) >= 11 is 0. The van der Waals surface area contributed by atoms with Crippen molar-refractivity contribution in [1.82, 2.24) is 0 Å². The van der Waals surface area contributed by atoms with Crippen molar-refractivity contribution in [1.29, 1.82) is 0 Å². The van der Waals surface area contributed by atoms with E-state index in [0.29, 0.717) is 17.2 Å². The molecular formula is C12H11NO4. The standard InChI is InChI=1S/C12H11NO4/c1-7-4-11(14)13(12(7)15)8-2-3-9-10(5-8)17-6-16-9/h2-3,5,7H,4,6H2,1H3. The summed E-state index contributed by atoms with van der Waals surface area (Å²) in [6.07, 6.45) is 0.271. The monoisotopic (exact) mass is 233 g/mol. The van der Waals surface area contributed by atoms with E-state index in [1.165, 1.54) is 4.90 Å². The van der Waals surface area contributed by atoms with Crippen LogP contribution in [0.4, 0.5) is 5.69 Å². The Kier molecular flexibility index (Phi) is 2.07. The van der Waals surface area contributed by atoms with Gasteiger partial charge in [0.15, 0.2) is 11.5 Å². The van der Waals surface area contributed by atoms with Crippen LogP contribution in [0.1, 0.15) is 13.3 Å². The quantitative estimate of drug-likeness (QED) is 0.686. The lowest BCUT2D eigenvalue weighted by Crippen LogP contribution is -2.29. The van der Waals surface area contributed by atoms with Gasteiger partial charge in [0.2, 0.25) is 18.6 Å². The van der Waals surface area contributed by atoms with Gasteiger partial charge in [-0.25, -0.2) is 0 Å². The van der Waals surface area contributed by atoms with Crippen molar-refractivity contribution in [2.45, 2.75) is 13.3 Å². The van der Waals surface area contributed by atoms with Gasteiger partial charge in [-0.2, -0.15) is 0 Å². The highest BCUT2D eigenvalue weighted by molar-refractivity contribution is 6.20. The maximum atomic E-state index is 11.8. The van der Waals surface area contributed by atoms with Crippen molar-refractivity contribution in [3.63, 3.8) is 0 Å². The van der Waals surface area contributed by atoms with Gasteiger partial charge in [0.1, 0.15) is 0 Å². The zero-order valence-corrected chi connectivity index (χ0v) is 9.30. The molecular weight excluding hydrogens is 222 g/mol. The molecule has 1 aromatic carbocycles. The summed E-state index contributed by atoms with van der Waals surface area (Å²) in [4.78, 5) is 24.8. The molecule has 0 N–H and O–H groups in total. The van der Waals surface area contributed by atoms with Crippen LogP contribution in [0.25, 0.3) is 0 Å². The molecule has 1 atom stereocenters.